The smallest absolute Gasteiger partial charge is 0.200 e. The molecule has 2 heteroatoms. The molecule has 0 N–H and O–H groups in total. The Balaban J connectivity index is 2.83. The number of hydrogen-bond acceptors (Lipinski definition) is 1. The molecule has 0 heterocycles. The predicted molar refractivity (Wildman–Crippen MR) is 74.3 cm³/mol. The third-order valence-electron chi connectivity index (χ3n) is 4.04. The molecule has 0 aliphatic heterocycles. The first-order chi connectivity index (χ1) is 7.41. The molecular weight excluding hydrogens is 212 g/mol. The van der Waals surface area contributed by atoms with E-state index in [-0.39, 0.29) is 0 Å². The maximum Gasteiger partial charge on any atom is 0.200 e. The second kappa shape index (κ2) is 5.50. The Morgan fingerprint density at radius 1 is 0.875 bits per heavy atom. The summed E-state index contributed by atoms with van der Waals surface area (Å²) in [6.45, 7) is 14.1. The molecule has 0 aromatic rings. The third kappa shape index (κ3) is 2.59. The molecule has 1 rings (SSSR count). The standard InChI is InChI=1S/C14H28OSi/c1-11(2)16(12(3)4,13(5)6)15-14-9-7-8-10-14/h7-8,11-14H,9-10H2,1-6H3. The van der Waals surface area contributed by atoms with Crippen LogP contribution in [0.1, 0.15) is 54.4 Å². The quantitative estimate of drug-likeness (QED) is 0.491. The Labute approximate surface area is 102 Å². The second-order valence-corrected chi connectivity index (χ2v) is 11.4. The lowest BCUT2D eigenvalue weighted by atomic mass is 10.3. The van der Waals surface area contributed by atoms with Gasteiger partial charge in [0.25, 0.3) is 0 Å². The lowest BCUT2D eigenvalue weighted by Gasteiger charge is -2.44. The average Bonchev–Trinajstić information content (AvgIpc) is 2.64. The summed E-state index contributed by atoms with van der Waals surface area (Å²) in [6, 6.07) is 0. The second-order valence-electron chi connectivity index (χ2n) is 6.00. The topological polar surface area (TPSA) is 9.23 Å². The molecule has 0 aromatic heterocycles. The normalized spacial score (nSPS) is 18.3. The van der Waals surface area contributed by atoms with Crippen LogP contribution in [0.3, 0.4) is 0 Å². The molecule has 0 bridgehead atoms. The first-order valence-corrected chi connectivity index (χ1v) is 8.88. The lowest BCUT2D eigenvalue weighted by molar-refractivity contribution is 0.186. The van der Waals surface area contributed by atoms with Crippen LogP contribution in [-0.2, 0) is 4.43 Å². The highest BCUT2D eigenvalue weighted by Crippen LogP contribution is 2.43. The Morgan fingerprint density at radius 2 is 1.25 bits per heavy atom. The molecule has 0 saturated carbocycles. The molecule has 0 radical (unpaired) electrons. The Hall–Kier alpha value is -0.0831. The third-order valence-corrected chi connectivity index (χ3v) is 10.2. The van der Waals surface area contributed by atoms with Crippen LogP contribution in [0, 0.1) is 0 Å². The van der Waals surface area contributed by atoms with E-state index in [1.165, 1.54) is 0 Å². The van der Waals surface area contributed by atoms with Crippen molar-refractivity contribution in [1.82, 2.24) is 0 Å². The van der Waals surface area contributed by atoms with E-state index in [1.807, 2.05) is 0 Å². The fourth-order valence-corrected chi connectivity index (χ4v) is 8.97. The molecule has 94 valence electrons. The van der Waals surface area contributed by atoms with Gasteiger partial charge in [0.15, 0.2) is 0 Å². The van der Waals surface area contributed by atoms with Gasteiger partial charge in [-0.3, -0.25) is 0 Å². The highest BCUT2D eigenvalue weighted by molar-refractivity contribution is 6.77. The Kier molecular flexibility index (Phi) is 4.81. The fourth-order valence-electron chi connectivity index (χ4n) is 3.39. The van der Waals surface area contributed by atoms with Crippen molar-refractivity contribution in [2.45, 2.75) is 77.1 Å². The van der Waals surface area contributed by atoms with Crippen molar-refractivity contribution in [1.29, 1.82) is 0 Å². The van der Waals surface area contributed by atoms with Crippen LogP contribution in [0.15, 0.2) is 12.2 Å². The van der Waals surface area contributed by atoms with Crippen LogP contribution >= 0.6 is 0 Å². The van der Waals surface area contributed by atoms with E-state index in [0.29, 0.717) is 22.7 Å². The van der Waals surface area contributed by atoms with Gasteiger partial charge in [-0.15, -0.1) is 0 Å². The molecule has 0 fully saturated rings. The minimum absolute atomic E-state index is 0.471. The zero-order valence-electron chi connectivity index (χ0n) is 11.8. The highest BCUT2D eigenvalue weighted by Gasteiger charge is 2.46. The Morgan fingerprint density at radius 3 is 1.56 bits per heavy atom. The van der Waals surface area contributed by atoms with Crippen molar-refractivity contribution in [2.75, 3.05) is 0 Å². The largest absolute Gasteiger partial charge is 0.413 e. The van der Waals surface area contributed by atoms with Crippen molar-refractivity contribution in [3.63, 3.8) is 0 Å². The molecule has 0 spiro atoms. The lowest BCUT2D eigenvalue weighted by Crippen LogP contribution is -2.49. The van der Waals surface area contributed by atoms with Gasteiger partial charge in [0, 0.05) is 0 Å². The van der Waals surface area contributed by atoms with Crippen LogP contribution in [-0.4, -0.2) is 14.4 Å². The molecule has 1 aliphatic carbocycles. The van der Waals surface area contributed by atoms with Crippen LogP contribution < -0.4 is 0 Å². The maximum absolute atomic E-state index is 6.66. The van der Waals surface area contributed by atoms with Gasteiger partial charge < -0.3 is 4.43 Å². The van der Waals surface area contributed by atoms with Crippen LogP contribution in [0.4, 0.5) is 0 Å². The van der Waals surface area contributed by atoms with E-state index in [4.69, 9.17) is 4.43 Å². The van der Waals surface area contributed by atoms with Gasteiger partial charge >= 0.3 is 0 Å². The molecule has 0 amide bonds. The summed E-state index contributed by atoms with van der Waals surface area (Å²) in [5, 5.41) is 0. The van der Waals surface area contributed by atoms with Gasteiger partial charge in [-0.25, -0.2) is 0 Å². The summed E-state index contributed by atoms with van der Waals surface area (Å²) in [5.41, 5.74) is 2.11. The molecular formula is C14H28OSi. The van der Waals surface area contributed by atoms with E-state index < -0.39 is 8.32 Å². The average molecular weight is 240 g/mol. The van der Waals surface area contributed by atoms with E-state index >= 15 is 0 Å². The number of rotatable bonds is 5. The molecule has 0 atom stereocenters. The molecule has 0 unspecified atom stereocenters. The van der Waals surface area contributed by atoms with Crippen LogP contribution in [0.25, 0.3) is 0 Å². The van der Waals surface area contributed by atoms with Gasteiger partial charge in [0.2, 0.25) is 8.32 Å². The van der Waals surface area contributed by atoms with E-state index in [2.05, 4.69) is 53.7 Å². The van der Waals surface area contributed by atoms with Gasteiger partial charge in [0.05, 0.1) is 6.10 Å². The highest BCUT2D eigenvalue weighted by atomic mass is 28.4. The maximum atomic E-state index is 6.66. The monoisotopic (exact) mass is 240 g/mol. The van der Waals surface area contributed by atoms with E-state index in [0.717, 1.165) is 12.8 Å². The first-order valence-electron chi connectivity index (χ1n) is 6.74. The first kappa shape index (κ1) is 14.0. The summed E-state index contributed by atoms with van der Waals surface area (Å²) in [7, 11) is -1.63. The summed E-state index contributed by atoms with van der Waals surface area (Å²) in [5.74, 6) is 0. The van der Waals surface area contributed by atoms with Crippen molar-refractivity contribution in [3.05, 3.63) is 12.2 Å². The van der Waals surface area contributed by atoms with Crippen molar-refractivity contribution >= 4 is 8.32 Å². The van der Waals surface area contributed by atoms with Gasteiger partial charge in [-0.2, -0.15) is 0 Å². The SMILES string of the molecule is CC(C)[Si](OC1CC=CC1)(C(C)C)C(C)C. The minimum Gasteiger partial charge on any atom is -0.413 e. The zero-order valence-corrected chi connectivity index (χ0v) is 12.8. The van der Waals surface area contributed by atoms with Crippen molar-refractivity contribution < 1.29 is 4.43 Å². The Bertz CT molecular complexity index is 213. The van der Waals surface area contributed by atoms with Gasteiger partial charge in [-0.1, -0.05) is 53.7 Å². The molecule has 0 aromatic carbocycles. The van der Waals surface area contributed by atoms with Gasteiger partial charge in [0.1, 0.15) is 0 Å². The molecule has 1 aliphatic rings. The summed E-state index contributed by atoms with van der Waals surface area (Å²) in [4.78, 5) is 0. The summed E-state index contributed by atoms with van der Waals surface area (Å²) >= 11 is 0. The molecule has 0 saturated heterocycles. The van der Waals surface area contributed by atoms with Gasteiger partial charge in [-0.05, 0) is 29.5 Å². The zero-order chi connectivity index (χ0) is 12.3. The predicted octanol–water partition coefficient (Wildman–Crippen LogP) is 4.90. The minimum atomic E-state index is -1.63. The molecule has 1 nitrogen and oxygen atoms in total. The van der Waals surface area contributed by atoms with Crippen molar-refractivity contribution in [3.8, 4) is 0 Å². The van der Waals surface area contributed by atoms with E-state index in [9.17, 15) is 0 Å². The van der Waals surface area contributed by atoms with Crippen molar-refractivity contribution in [2.24, 2.45) is 0 Å². The van der Waals surface area contributed by atoms with Crippen LogP contribution in [0.2, 0.25) is 16.6 Å². The summed E-state index contributed by atoms with van der Waals surface area (Å²) in [6.07, 6.45) is 7.26. The molecule has 16 heavy (non-hydrogen) atoms. The summed E-state index contributed by atoms with van der Waals surface area (Å²) < 4.78 is 6.66. The number of hydrogen-bond donors (Lipinski definition) is 0. The van der Waals surface area contributed by atoms with E-state index in [1.54, 1.807) is 0 Å². The fraction of sp³-hybridized carbons (Fsp3) is 0.857. The van der Waals surface area contributed by atoms with Crippen LogP contribution in [0.5, 0.6) is 0 Å².